The Bertz CT molecular complexity index is 613. The number of anilines is 1. The lowest BCUT2D eigenvalue weighted by molar-refractivity contribution is -0.144. The molecular weight excluding hydrogens is 260 g/mol. The third-order valence-electron chi connectivity index (χ3n) is 4.07. The zero-order valence-corrected chi connectivity index (χ0v) is 11.2. The molecule has 2 aliphatic heterocycles. The molecule has 1 atom stereocenters. The molecule has 1 aromatic rings. The van der Waals surface area contributed by atoms with E-state index in [1.807, 2.05) is 6.07 Å². The molecule has 0 fully saturated rings. The van der Waals surface area contributed by atoms with Crippen LogP contribution in [0.15, 0.2) is 12.1 Å². The van der Waals surface area contributed by atoms with Crippen LogP contribution in [0.4, 0.5) is 5.69 Å². The lowest BCUT2D eigenvalue weighted by Gasteiger charge is -2.38. The van der Waals surface area contributed by atoms with E-state index in [2.05, 4.69) is 0 Å². The number of ether oxygens (including phenoxy) is 1. The van der Waals surface area contributed by atoms with Crippen molar-refractivity contribution in [2.45, 2.75) is 25.3 Å². The Hall–Kier alpha value is -2.08. The fourth-order valence-corrected chi connectivity index (χ4v) is 2.93. The van der Waals surface area contributed by atoms with Gasteiger partial charge in [0.25, 0.3) is 0 Å². The maximum atomic E-state index is 11.8. The molecule has 0 saturated heterocycles. The van der Waals surface area contributed by atoms with E-state index in [0.29, 0.717) is 23.6 Å². The lowest BCUT2D eigenvalue weighted by atomic mass is 9.82. The van der Waals surface area contributed by atoms with E-state index >= 15 is 0 Å². The quantitative estimate of drug-likeness (QED) is 0.784. The third kappa shape index (κ3) is 1.61. The molecule has 3 N–H and O–H groups in total. The van der Waals surface area contributed by atoms with E-state index in [9.17, 15) is 14.7 Å². The summed E-state index contributed by atoms with van der Waals surface area (Å²) in [6, 6.07) is 3.56. The Kier molecular flexibility index (Phi) is 2.72. The number of hydrogen-bond acceptors (Lipinski definition) is 4. The summed E-state index contributed by atoms with van der Waals surface area (Å²) < 4.78 is 5.61. The average Bonchev–Trinajstić information content (AvgIpc) is 2.86. The molecule has 2 heterocycles. The highest BCUT2D eigenvalue weighted by atomic mass is 16.5. The van der Waals surface area contributed by atoms with Crippen LogP contribution >= 0.6 is 0 Å². The number of fused-ring (bicyclic) bond motifs is 3. The van der Waals surface area contributed by atoms with Gasteiger partial charge < -0.3 is 20.5 Å². The summed E-state index contributed by atoms with van der Waals surface area (Å²) >= 11 is 0. The van der Waals surface area contributed by atoms with Crippen LogP contribution in [0.5, 0.6) is 5.75 Å². The van der Waals surface area contributed by atoms with E-state index in [-0.39, 0.29) is 18.9 Å². The second-order valence-electron chi connectivity index (χ2n) is 5.25. The molecule has 20 heavy (non-hydrogen) atoms. The minimum atomic E-state index is -1.47. The predicted octanol–water partition coefficient (Wildman–Crippen LogP) is 0.617. The molecule has 3 rings (SSSR count). The Morgan fingerprint density at radius 3 is 2.85 bits per heavy atom. The zero-order valence-electron chi connectivity index (χ0n) is 11.2. The molecule has 0 spiro atoms. The molecular formula is C14H16N2O4. The lowest BCUT2D eigenvalue weighted by Crippen LogP contribution is -2.52. The Balaban J connectivity index is 2.26. The Labute approximate surface area is 116 Å². The number of rotatable bonds is 1. The third-order valence-corrected chi connectivity index (χ3v) is 4.07. The smallest absolute Gasteiger partial charge is 0.328 e. The van der Waals surface area contributed by atoms with Crippen molar-refractivity contribution in [2.24, 2.45) is 5.73 Å². The van der Waals surface area contributed by atoms with Gasteiger partial charge in [-0.15, -0.1) is 0 Å². The van der Waals surface area contributed by atoms with Gasteiger partial charge in [-0.1, -0.05) is 12.1 Å². The number of amides is 1. The Morgan fingerprint density at radius 1 is 1.45 bits per heavy atom. The van der Waals surface area contributed by atoms with Gasteiger partial charge in [0.1, 0.15) is 11.3 Å². The van der Waals surface area contributed by atoms with Crippen LogP contribution in [0.3, 0.4) is 0 Å². The summed E-state index contributed by atoms with van der Waals surface area (Å²) in [6.07, 6.45) is 0.951. The van der Waals surface area contributed by atoms with Crippen LogP contribution in [0.25, 0.3) is 0 Å². The number of hydrogen-bond donors (Lipinski definition) is 2. The van der Waals surface area contributed by atoms with E-state index in [1.165, 1.54) is 6.92 Å². The first kappa shape index (κ1) is 12.9. The molecule has 6 nitrogen and oxygen atoms in total. The van der Waals surface area contributed by atoms with Crippen molar-refractivity contribution in [3.63, 3.8) is 0 Å². The standard InChI is InChI=1S/C14H16N2O4/c1-8(17)16-6-5-14(15,13(18)19)10-3-2-9-4-7-20-12(9)11(10)16/h2-3H,4-7,15H2,1H3,(H,18,19). The number of benzene rings is 1. The van der Waals surface area contributed by atoms with Crippen molar-refractivity contribution >= 4 is 17.6 Å². The molecule has 6 heteroatoms. The number of nitrogens with two attached hydrogens (primary N) is 1. The van der Waals surface area contributed by atoms with Crippen LogP contribution in [-0.4, -0.2) is 30.1 Å². The summed E-state index contributed by atoms with van der Waals surface area (Å²) in [5, 5.41) is 9.45. The first-order valence-corrected chi connectivity index (χ1v) is 6.54. The largest absolute Gasteiger partial charge is 0.491 e. The van der Waals surface area contributed by atoms with Crippen molar-refractivity contribution in [3.8, 4) is 5.75 Å². The molecule has 0 saturated carbocycles. The minimum Gasteiger partial charge on any atom is -0.491 e. The summed E-state index contributed by atoms with van der Waals surface area (Å²) in [5.74, 6) is -0.615. The predicted molar refractivity (Wildman–Crippen MR) is 71.8 cm³/mol. The fraction of sp³-hybridized carbons (Fsp3) is 0.429. The van der Waals surface area contributed by atoms with E-state index < -0.39 is 11.5 Å². The molecule has 1 amide bonds. The molecule has 0 aliphatic carbocycles. The number of nitrogens with zero attached hydrogens (tertiary/aromatic N) is 1. The first-order valence-electron chi connectivity index (χ1n) is 6.54. The van der Waals surface area contributed by atoms with Gasteiger partial charge >= 0.3 is 5.97 Å². The molecule has 0 radical (unpaired) electrons. The van der Waals surface area contributed by atoms with Crippen molar-refractivity contribution in [1.82, 2.24) is 0 Å². The van der Waals surface area contributed by atoms with Crippen LogP contribution in [-0.2, 0) is 21.5 Å². The summed E-state index contributed by atoms with van der Waals surface area (Å²) in [6.45, 7) is 2.29. The number of carboxylic acid groups (broad SMARTS) is 1. The van der Waals surface area contributed by atoms with Gasteiger partial charge in [0.2, 0.25) is 5.91 Å². The van der Waals surface area contributed by atoms with Crippen LogP contribution in [0.1, 0.15) is 24.5 Å². The first-order chi connectivity index (χ1) is 9.45. The van der Waals surface area contributed by atoms with Crippen LogP contribution in [0, 0.1) is 0 Å². The number of aliphatic carboxylic acids is 1. The molecule has 0 aromatic heterocycles. The highest BCUT2D eigenvalue weighted by Gasteiger charge is 2.45. The number of carboxylic acids is 1. The number of carbonyl (C=O) groups excluding carboxylic acids is 1. The normalized spacial score (nSPS) is 23.8. The van der Waals surface area contributed by atoms with Crippen LogP contribution < -0.4 is 15.4 Å². The minimum absolute atomic E-state index is 0.136. The SMILES string of the molecule is CC(=O)N1CCC(N)(C(=O)O)c2ccc3c(c21)OCC3. The van der Waals surface area contributed by atoms with Gasteiger partial charge in [-0.05, 0) is 12.0 Å². The van der Waals surface area contributed by atoms with E-state index in [4.69, 9.17) is 10.5 Å². The molecule has 1 aromatic carbocycles. The van der Waals surface area contributed by atoms with Crippen molar-refractivity contribution in [2.75, 3.05) is 18.1 Å². The van der Waals surface area contributed by atoms with Crippen molar-refractivity contribution < 1.29 is 19.4 Å². The van der Waals surface area contributed by atoms with Gasteiger partial charge in [0, 0.05) is 25.5 Å². The van der Waals surface area contributed by atoms with Crippen LogP contribution in [0.2, 0.25) is 0 Å². The summed E-state index contributed by atoms with van der Waals surface area (Å²) in [4.78, 5) is 24.9. The Morgan fingerprint density at radius 2 is 2.20 bits per heavy atom. The van der Waals surface area contributed by atoms with Gasteiger partial charge in [0.15, 0.2) is 0 Å². The van der Waals surface area contributed by atoms with E-state index in [1.54, 1.807) is 11.0 Å². The number of carbonyl (C=O) groups is 2. The molecule has 106 valence electrons. The maximum Gasteiger partial charge on any atom is 0.328 e. The van der Waals surface area contributed by atoms with Crippen molar-refractivity contribution in [3.05, 3.63) is 23.3 Å². The molecule has 1 unspecified atom stereocenters. The summed E-state index contributed by atoms with van der Waals surface area (Å²) in [5.41, 5.74) is 6.58. The van der Waals surface area contributed by atoms with Crippen molar-refractivity contribution in [1.29, 1.82) is 0 Å². The second kappa shape index (κ2) is 4.21. The monoisotopic (exact) mass is 276 g/mol. The fourth-order valence-electron chi connectivity index (χ4n) is 2.93. The highest BCUT2D eigenvalue weighted by Crippen LogP contribution is 2.46. The summed E-state index contributed by atoms with van der Waals surface area (Å²) in [7, 11) is 0. The second-order valence-corrected chi connectivity index (χ2v) is 5.25. The van der Waals surface area contributed by atoms with Gasteiger partial charge in [-0.25, -0.2) is 4.79 Å². The molecule has 2 aliphatic rings. The van der Waals surface area contributed by atoms with Gasteiger partial charge in [-0.3, -0.25) is 4.79 Å². The zero-order chi connectivity index (χ0) is 14.5. The van der Waals surface area contributed by atoms with E-state index in [0.717, 1.165) is 12.0 Å². The topological polar surface area (TPSA) is 92.9 Å². The average molecular weight is 276 g/mol. The van der Waals surface area contributed by atoms with Gasteiger partial charge in [0.05, 0.1) is 12.3 Å². The van der Waals surface area contributed by atoms with Gasteiger partial charge in [-0.2, -0.15) is 0 Å². The maximum absolute atomic E-state index is 11.8. The highest BCUT2D eigenvalue weighted by molar-refractivity contribution is 5.98. The molecule has 0 bridgehead atoms.